The minimum absolute atomic E-state index is 0.0728. The van der Waals surface area contributed by atoms with Crippen LogP contribution in [-0.4, -0.2) is 17.8 Å². The highest BCUT2D eigenvalue weighted by molar-refractivity contribution is 5.12. The molecule has 2 saturated carbocycles. The Bertz CT molecular complexity index is 271. The van der Waals surface area contributed by atoms with E-state index in [1.165, 1.54) is 12.8 Å². The van der Waals surface area contributed by atoms with Gasteiger partial charge in [-0.3, -0.25) is 0 Å². The lowest BCUT2D eigenvalue weighted by Crippen LogP contribution is -2.32. The molecule has 0 radical (unpaired) electrons. The molecule has 0 aromatic carbocycles. The summed E-state index contributed by atoms with van der Waals surface area (Å²) < 4.78 is 11.7. The van der Waals surface area contributed by atoms with Gasteiger partial charge >= 0.3 is 0 Å². The number of ether oxygens (including phenoxy) is 2. The Labute approximate surface area is 85.3 Å². The van der Waals surface area contributed by atoms with Crippen molar-refractivity contribution in [3.63, 3.8) is 0 Å². The molecule has 1 aliphatic heterocycles. The van der Waals surface area contributed by atoms with E-state index in [0.29, 0.717) is 6.10 Å². The molecule has 3 fully saturated rings. The topological polar surface area (TPSA) is 18.5 Å². The van der Waals surface area contributed by atoms with E-state index < -0.39 is 0 Å². The maximum atomic E-state index is 6.12. The van der Waals surface area contributed by atoms with Crippen LogP contribution in [0.2, 0.25) is 0 Å². The van der Waals surface area contributed by atoms with Crippen molar-refractivity contribution in [2.24, 2.45) is 17.8 Å². The molecule has 5 unspecified atom stereocenters. The van der Waals surface area contributed by atoms with Crippen LogP contribution in [0.4, 0.5) is 0 Å². The Morgan fingerprint density at radius 3 is 2.93 bits per heavy atom. The Balaban J connectivity index is 1.89. The molecule has 2 nitrogen and oxygen atoms in total. The Morgan fingerprint density at radius 2 is 2.21 bits per heavy atom. The Hall–Kier alpha value is -0.500. The summed E-state index contributed by atoms with van der Waals surface area (Å²) in [5.41, 5.74) is 0.0728. The summed E-state index contributed by atoms with van der Waals surface area (Å²) in [5.74, 6) is 2.23. The predicted molar refractivity (Wildman–Crippen MR) is 53.7 cm³/mol. The molecular formula is C12H18O2. The molecule has 1 saturated heterocycles. The number of hydrogen-bond donors (Lipinski definition) is 0. The fourth-order valence-electron chi connectivity index (χ4n) is 3.95. The molecule has 0 aromatic rings. The van der Waals surface area contributed by atoms with E-state index in [4.69, 9.17) is 9.47 Å². The molecule has 0 amide bonds. The first-order valence-corrected chi connectivity index (χ1v) is 5.57. The average molecular weight is 194 g/mol. The van der Waals surface area contributed by atoms with E-state index >= 15 is 0 Å². The van der Waals surface area contributed by atoms with Crippen LogP contribution in [-0.2, 0) is 9.47 Å². The van der Waals surface area contributed by atoms with Gasteiger partial charge in [-0.2, -0.15) is 0 Å². The molecule has 14 heavy (non-hydrogen) atoms. The van der Waals surface area contributed by atoms with Crippen molar-refractivity contribution >= 4 is 0 Å². The summed E-state index contributed by atoms with van der Waals surface area (Å²) >= 11 is 0. The van der Waals surface area contributed by atoms with Crippen LogP contribution in [0.15, 0.2) is 12.8 Å². The summed E-state index contributed by atoms with van der Waals surface area (Å²) in [4.78, 5) is 0. The number of fused-ring (bicyclic) bond motifs is 1. The first-order valence-electron chi connectivity index (χ1n) is 5.57. The minimum atomic E-state index is 0.0728. The predicted octanol–water partition coefficient (Wildman–Crippen LogP) is 2.35. The van der Waals surface area contributed by atoms with Gasteiger partial charge in [-0.1, -0.05) is 6.58 Å². The molecule has 1 heterocycles. The molecule has 0 spiro atoms. The highest BCUT2D eigenvalue weighted by Gasteiger charge is 2.64. The van der Waals surface area contributed by atoms with Crippen molar-refractivity contribution < 1.29 is 9.47 Å². The summed E-state index contributed by atoms with van der Waals surface area (Å²) in [6.07, 6.45) is 4.79. The molecule has 0 N–H and O–H groups in total. The first kappa shape index (κ1) is 8.78. The second-order valence-corrected chi connectivity index (χ2v) is 5.46. The van der Waals surface area contributed by atoms with Gasteiger partial charge in [-0.15, -0.1) is 0 Å². The lowest BCUT2D eigenvalue weighted by Gasteiger charge is -2.26. The third-order valence-electron chi connectivity index (χ3n) is 4.44. The fraction of sp³-hybridized carbons (Fsp3) is 0.833. The maximum Gasteiger partial charge on any atom is 0.127 e. The van der Waals surface area contributed by atoms with Crippen molar-refractivity contribution in [1.82, 2.24) is 0 Å². The van der Waals surface area contributed by atoms with E-state index in [9.17, 15) is 0 Å². The van der Waals surface area contributed by atoms with E-state index in [0.717, 1.165) is 17.8 Å². The molecular weight excluding hydrogens is 176 g/mol. The molecule has 5 atom stereocenters. The van der Waals surface area contributed by atoms with Crippen molar-refractivity contribution in [3.8, 4) is 0 Å². The monoisotopic (exact) mass is 194 g/mol. The van der Waals surface area contributed by atoms with Crippen LogP contribution in [0.3, 0.4) is 0 Å². The quantitative estimate of drug-likeness (QED) is 0.628. The van der Waals surface area contributed by atoms with Gasteiger partial charge in [0, 0.05) is 0 Å². The SMILES string of the molecule is C=COC1C2CC3C1OC(C)(C)C3C2. The molecule has 0 aromatic heterocycles. The van der Waals surface area contributed by atoms with Crippen molar-refractivity contribution in [2.75, 3.05) is 0 Å². The van der Waals surface area contributed by atoms with Gasteiger partial charge in [0.2, 0.25) is 0 Å². The molecule has 3 rings (SSSR count). The number of rotatable bonds is 2. The zero-order valence-electron chi connectivity index (χ0n) is 8.90. The smallest absolute Gasteiger partial charge is 0.127 e. The van der Waals surface area contributed by atoms with Gasteiger partial charge in [0.25, 0.3) is 0 Å². The van der Waals surface area contributed by atoms with E-state index in [1.54, 1.807) is 6.26 Å². The minimum Gasteiger partial charge on any atom is -0.496 e. The maximum absolute atomic E-state index is 6.12. The second-order valence-electron chi connectivity index (χ2n) is 5.46. The van der Waals surface area contributed by atoms with Gasteiger partial charge in [0.1, 0.15) is 6.10 Å². The summed E-state index contributed by atoms with van der Waals surface area (Å²) in [7, 11) is 0. The third kappa shape index (κ3) is 0.902. The highest BCUT2D eigenvalue weighted by atomic mass is 16.6. The highest BCUT2D eigenvalue weighted by Crippen LogP contribution is 2.60. The van der Waals surface area contributed by atoms with Crippen LogP contribution in [0.5, 0.6) is 0 Å². The van der Waals surface area contributed by atoms with Crippen molar-refractivity contribution in [1.29, 1.82) is 0 Å². The van der Waals surface area contributed by atoms with Crippen LogP contribution in [0, 0.1) is 17.8 Å². The lowest BCUT2D eigenvalue weighted by molar-refractivity contribution is -0.0712. The normalized spacial score (nSPS) is 52.3. The van der Waals surface area contributed by atoms with Crippen LogP contribution < -0.4 is 0 Å². The summed E-state index contributed by atoms with van der Waals surface area (Å²) in [6.45, 7) is 8.10. The first-order chi connectivity index (χ1) is 6.63. The largest absolute Gasteiger partial charge is 0.496 e. The fourth-order valence-corrected chi connectivity index (χ4v) is 3.95. The Morgan fingerprint density at radius 1 is 1.43 bits per heavy atom. The van der Waals surface area contributed by atoms with Gasteiger partial charge in [0.15, 0.2) is 0 Å². The molecule has 3 aliphatic rings. The third-order valence-corrected chi connectivity index (χ3v) is 4.44. The molecule has 2 aliphatic carbocycles. The van der Waals surface area contributed by atoms with E-state index in [2.05, 4.69) is 20.4 Å². The summed E-state index contributed by atoms with van der Waals surface area (Å²) in [6, 6.07) is 0. The molecule has 78 valence electrons. The number of hydrogen-bond acceptors (Lipinski definition) is 2. The van der Waals surface area contributed by atoms with Crippen molar-refractivity contribution in [2.45, 2.75) is 44.5 Å². The standard InChI is InChI=1S/C12H18O2/c1-4-13-10-7-5-8-9(6-7)12(2,3)14-11(8)10/h4,7-11H,1,5-6H2,2-3H3. The zero-order chi connectivity index (χ0) is 9.92. The van der Waals surface area contributed by atoms with Gasteiger partial charge in [-0.25, -0.2) is 0 Å². The van der Waals surface area contributed by atoms with Gasteiger partial charge in [-0.05, 0) is 44.4 Å². The average Bonchev–Trinajstić information content (AvgIpc) is 2.68. The van der Waals surface area contributed by atoms with Crippen LogP contribution >= 0.6 is 0 Å². The molecule has 2 bridgehead atoms. The van der Waals surface area contributed by atoms with Crippen LogP contribution in [0.1, 0.15) is 26.7 Å². The van der Waals surface area contributed by atoms with E-state index in [-0.39, 0.29) is 11.7 Å². The second kappa shape index (κ2) is 2.54. The van der Waals surface area contributed by atoms with Gasteiger partial charge < -0.3 is 9.47 Å². The lowest BCUT2D eigenvalue weighted by atomic mass is 9.80. The molecule has 2 heteroatoms. The Kier molecular flexibility index (Phi) is 1.59. The summed E-state index contributed by atoms with van der Waals surface area (Å²) in [5, 5.41) is 0. The zero-order valence-corrected chi connectivity index (χ0v) is 8.90. The van der Waals surface area contributed by atoms with Crippen molar-refractivity contribution in [3.05, 3.63) is 12.8 Å². The van der Waals surface area contributed by atoms with Gasteiger partial charge in [0.05, 0.1) is 18.0 Å². The van der Waals surface area contributed by atoms with Crippen LogP contribution in [0.25, 0.3) is 0 Å². The van der Waals surface area contributed by atoms with E-state index in [1.807, 2.05) is 0 Å².